The smallest absolute Gasteiger partial charge is 0.231 e. The Kier molecular flexibility index (Phi) is 2.28. The van der Waals surface area contributed by atoms with E-state index in [1.165, 1.54) is 5.69 Å². The van der Waals surface area contributed by atoms with Gasteiger partial charge in [-0.05, 0) is 18.2 Å². The van der Waals surface area contributed by atoms with Crippen molar-refractivity contribution in [1.82, 2.24) is 10.3 Å². The molecule has 5 heteroatoms. The molecule has 1 aromatic heterocycles. The van der Waals surface area contributed by atoms with Gasteiger partial charge in [0.25, 0.3) is 0 Å². The van der Waals surface area contributed by atoms with E-state index >= 15 is 0 Å². The Morgan fingerprint density at radius 2 is 2.11 bits per heavy atom. The third-order valence-electron chi connectivity index (χ3n) is 3.34. The summed E-state index contributed by atoms with van der Waals surface area (Å²) in [6.07, 6.45) is 0. The van der Waals surface area contributed by atoms with E-state index in [-0.39, 0.29) is 0 Å². The summed E-state index contributed by atoms with van der Waals surface area (Å²) in [5, 5.41) is 6.48. The molecule has 0 radical (unpaired) electrons. The molecule has 2 aromatic rings. The van der Waals surface area contributed by atoms with Crippen molar-refractivity contribution >= 4 is 11.3 Å². The second-order valence-corrected chi connectivity index (χ2v) is 5.36. The quantitative estimate of drug-likeness (QED) is 0.899. The Bertz CT molecular complexity index is 592. The van der Waals surface area contributed by atoms with E-state index in [0.717, 1.165) is 35.2 Å². The zero-order valence-corrected chi connectivity index (χ0v) is 10.5. The zero-order valence-electron chi connectivity index (χ0n) is 9.68. The molecule has 2 aliphatic heterocycles. The zero-order chi connectivity index (χ0) is 11.9. The Morgan fingerprint density at radius 3 is 2.94 bits per heavy atom. The lowest BCUT2D eigenvalue weighted by Crippen LogP contribution is -2.40. The number of hydrogen-bond acceptors (Lipinski definition) is 5. The molecule has 0 aliphatic carbocycles. The summed E-state index contributed by atoms with van der Waals surface area (Å²) < 4.78 is 10.7. The molecule has 0 spiro atoms. The van der Waals surface area contributed by atoms with E-state index < -0.39 is 0 Å². The first kappa shape index (κ1) is 10.3. The Morgan fingerprint density at radius 1 is 1.22 bits per heavy atom. The minimum Gasteiger partial charge on any atom is -0.454 e. The van der Waals surface area contributed by atoms with Crippen LogP contribution in [0.3, 0.4) is 0 Å². The molecule has 3 heterocycles. The minimum atomic E-state index is 0.315. The summed E-state index contributed by atoms with van der Waals surface area (Å²) in [5.74, 6) is 2.22. The topological polar surface area (TPSA) is 43.4 Å². The van der Waals surface area contributed by atoms with E-state index in [1.807, 2.05) is 18.2 Å². The number of nitrogens with zero attached hydrogens (tertiary/aromatic N) is 1. The lowest BCUT2D eigenvalue weighted by Gasteiger charge is -2.25. The van der Waals surface area contributed by atoms with Crippen LogP contribution in [0.2, 0.25) is 0 Å². The van der Waals surface area contributed by atoms with Crippen LogP contribution in [0.1, 0.15) is 11.6 Å². The summed E-state index contributed by atoms with van der Waals surface area (Å²) >= 11 is 1.69. The van der Waals surface area contributed by atoms with Crippen LogP contribution in [-0.4, -0.2) is 24.9 Å². The average molecular weight is 260 g/mol. The van der Waals surface area contributed by atoms with Crippen molar-refractivity contribution in [2.45, 2.75) is 5.92 Å². The molecule has 1 aromatic carbocycles. The molecule has 2 aliphatic rings. The predicted molar refractivity (Wildman–Crippen MR) is 69.3 cm³/mol. The molecule has 92 valence electrons. The third kappa shape index (κ3) is 1.59. The number of benzene rings is 1. The highest BCUT2D eigenvalue weighted by Gasteiger charge is 2.22. The van der Waals surface area contributed by atoms with E-state index in [0.29, 0.717) is 12.7 Å². The lowest BCUT2D eigenvalue weighted by atomic mass is 10.0. The fourth-order valence-electron chi connectivity index (χ4n) is 2.13. The Labute approximate surface area is 109 Å². The first-order chi connectivity index (χ1) is 8.90. The van der Waals surface area contributed by atoms with Crippen molar-refractivity contribution in [1.29, 1.82) is 0 Å². The highest BCUT2D eigenvalue weighted by molar-refractivity contribution is 7.13. The van der Waals surface area contributed by atoms with Gasteiger partial charge in [-0.1, -0.05) is 0 Å². The highest BCUT2D eigenvalue weighted by Crippen LogP contribution is 2.37. The minimum absolute atomic E-state index is 0.315. The first-order valence-electron chi connectivity index (χ1n) is 5.96. The van der Waals surface area contributed by atoms with Gasteiger partial charge in [0.05, 0.1) is 5.69 Å². The number of rotatable bonds is 2. The maximum Gasteiger partial charge on any atom is 0.231 e. The van der Waals surface area contributed by atoms with E-state index in [9.17, 15) is 0 Å². The van der Waals surface area contributed by atoms with Gasteiger partial charge in [0.15, 0.2) is 11.5 Å². The van der Waals surface area contributed by atoms with Crippen LogP contribution in [0, 0.1) is 0 Å². The summed E-state index contributed by atoms with van der Waals surface area (Å²) in [5.41, 5.74) is 2.30. The molecule has 1 saturated heterocycles. The van der Waals surface area contributed by atoms with Gasteiger partial charge in [-0.25, -0.2) is 4.98 Å². The van der Waals surface area contributed by atoms with Crippen molar-refractivity contribution in [3.63, 3.8) is 0 Å². The second kappa shape index (κ2) is 3.96. The van der Waals surface area contributed by atoms with Crippen LogP contribution < -0.4 is 14.8 Å². The predicted octanol–water partition coefficient (Wildman–Crippen LogP) is 2.23. The van der Waals surface area contributed by atoms with Crippen LogP contribution in [-0.2, 0) is 0 Å². The van der Waals surface area contributed by atoms with Crippen molar-refractivity contribution in [2.75, 3.05) is 19.9 Å². The molecule has 18 heavy (non-hydrogen) atoms. The monoisotopic (exact) mass is 260 g/mol. The summed E-state index contributed by atoms with van der Waals surface area (Å²) in [6, 6.07) is 5.99. The van der Waals surface area contributed by atoms with Gasteiger partial charge in [-0.3, -0.25) is 0 Å². The highest BCUT2D eigenvalue weighted by atomic mass is 32.1. The van der Waals surface area contributed by atoms with E-state index in [2.05, 4.69) is 10.7 Å². The number of hydrogen-bond donors (Lipinski definition) is 1. The maximum absolute atomic E-state index is 5.39. The molecule has 0 atom stereocenters. The van der Waals surface area contributed by atoms with Gasteiger partial charge >= 0.3 is 0 Å². The van der Waals surface area contributed by atoms with Crippen molar-refractivity contribution < 1.29 is 9.47 Å². The van der Waals surface area contributed by atoms with Crippen molar-refractivity contribution in [2.24, 2.45) is 0 Å². The molecule has 4 nitrogen and oxygen atoms in total. The van der Waals surface area contributed by atoms with Crippen LogP contribution in [0.25, 0.3) is 10.6 Å². The van der Waals surface area contributed by atoms with Gasteiger partial charge in [-0.15, -0.1) is 11.3 Å². The van der Waals surface area contributed by atoms with E-state index in [4.69, 9.17) is 14.5 Å². The molecule has 0 saturated carbocycles. The summed E-state index contributed by atoms with van der Waals surface area (Å²) in [7, 11) is 0. The van der Waals surface area contributed by atoms with Gasteiger partial charge in [-0.2, -0.15) is 0 Å². The van der Waals surface area contributed by atoms with Crippen LogP contribution in [0.4, 0.5) is 0 Å². The normalized spacial score (nSPS) is 17.8. The average Bonchev–Trinajstić information content (AvgIpc) is 2.93. The number of thiazole rings is 1. The van der Waals surface area contributed by atoms with Gasteiger partial charge in [0.1, 0.15) is 5.01 Å². The molecule has 1 fully saturated rings. The summed E-state index contributed by atoms with van der Waals surface area (Å²) in [6.45, 7) is 2.41. The Balaban J connectivity index is 1.67. The van der Waals surface area contributed by atoms with Gasteiger partial charge in [0.2, 0.25) is 6.79 Å². The molecule has 0 amide bonds. The fraction of sp³-hybridized carbons (Fsp3) is 0.308. The van der Waals surface area contributed by atoms with E-state index in [1.54, 1.807) is 11.3 Å². The molecular formula is C13H12N2O2S. The molecule has 0 bridgehead atoms. The first-order valence-corrected chi connectivity index (χ1v) is 6.84. The molecular weight excluding hydrogens is 248 g/mol. The second-order valence-electron chi connectivity index (χ2n) is 4.50. The van der Waals surface area contributed by atoms with Crippen molar-refractivity contribution in [3.8, 4) is 22.1 Å². The van der Waals surface area contributed by atoms with Crippen LogP contribution in [0.15, 0.2) is 23.6 Å². The fourth-order valence-corrected chi connectivity index (χ4v) is 3.03. The molecule has 1 N–H and O–H groups in total. The third-order valence-corrected chi connectivity index (χ3v) is 4.25. The maximum atomic E-state index is 5.39. The van der Waals surface area contributed by atoms with Crippen LogP contribution in [0.5, 0.6) is 11.5 Å². The number of fused-ring (bicyclic) bond motifs is 1. The SMILES string of the molecule is c1cc2c(cc1-c1nc(C3CNC3)cs1)OCO2. The number of nitrogens with one attached hydrogen (secondary N) is 1. The largest absolute Gasteiger partial charge is 0.454 e. The number of ether oxygens (including phenoxy) is 2. The van der Waals surface area contributed by atoms with Crippen molar-refractivity contribution in [3.05, 3.63) is 29.3 Å². The molecule has 0 unspecified atom stereocenters. The Hall–Kier alpha value is -1.59. The summed E-state index contributed by atoms with van der Waals surface area (Å²) in [4.78, 5) is 4.71. The van der Waals surface area contributed by atoms with Gasteiger partial charge in [0, 0.05) is 30.0 Å². The standard InChI is InChI=1S/C13H12N2O2S/c1-2-11-12(17-7-16-11)3-8(1)13-15-10(6-18-13)9-4-14-5-9/h1-3,6,9,14H,4-5,7H2. The number of aromatic nitrogens is 1. The molecule has 4 rings (SSSR count). The van der Waals surface area contributed by atoms with Crippen LogP contribution >= 0.6 is 11.3 Å². The lowest BCUT2D eigenvalue weighted by molar-refractivity contribution is 0.174. The van der Waals surface area contributed by atoms with Gasteiger partial charge < -0.3 is 14.8 Å².